The van der Waals surface area contributed by atoms with Gasteiger partial charge in [-0.1, -0.05) is 5.16 Å². The fraction of sp³-hybridized carbons (Fsp3) is 0.615. The summed E-state index contributed by atoms with van der Waals surface area (Å²) >= 11 is 0. The number of carboxylic acids is 1. The number of urea groups is 1. The Hall–Kier alpha value is -2.05. The van der Waals surface area contributed by atoms with Crippen molar-refractivity contribution in [3.8, 4) is 0 Å². The summed E-state index contributed by atoms with van der Waals surface area (Å²) < 4.78 is 5.02. The van der Waals surface area contributed by atoms with E-state index in [2.05, 4.69) is 10.5 Å². The van der Waals surface area contributed by atoms with Gasteiger partial charge in [0.1, 0.15) is 0 Å². The summed E-state index contributed by atoms with van der Waals surface area (Å²) in [4.78, 5) is 24.6. The molecule has 1 fully saturated rings. The second kappa shape index (κ2) is 6.40. The molecule has 20 heavy (non-hydrogen) atoms. The molecule has 1 aliphatic heterocycles. The number of rotatable bonds is 4. The lowest BCUT2D eigenvalue weighted by molar-refractivity contribution is -0.138. The van der Waals surface area contributed by atoms with Crippen molar-refractivity contribution in [2.45, 2.75) is 45.2 Å². The Morgan fingerprint density at radius 3 is 3.00 bits per heavy atom. The van der Waals surface area contributed by atoms with Gasteiger partial charge in [-0.2, -0.15) is 0 Å². The number of piperidine rings is 1. The lowest BCUT2D eigenvalue weighted by atomic mass is 10.00. The van der Waals surface area contributed by atoms with Crippen LogP contribution >= 0.6 is 0 Å². The number of carbonyl (C=O) groups excluding carboxylic acids is 1. The third-order valence-corrected chi connectivity index (χ3v) is 3.39. The molecule has 2 heterocycles. The smallest absolute Gasteiger partial charge is 0.318 e. The Balaban J connectivity index is 1.90. The molecule has 2 amide bonds. The maximum absolute atomic E-state index is 12.1. The molecule has 7 nitrogen and oxygen atoms in total. The van der Waals surface area contributed by atoms with Gasteiger partial charge in [-0.25, -0.2) is 4.79 Å². The van der Waals surface area contributed by atoms with Gasteiger partial charge in [0.05, 0.1) is 18.7 Å². The van der Waals surface area contributed by atoms with E-state index in [1.807, 2.05) is 6.92 Å². The number of nitrogens with zero attached hydrogens (tertiary/aromatic N) is 2. The maximum atomic E-state index is 12.1. The number of aryl methyl sites for hydroxylation is 1. The fourth-order valence-corrected chi connectivity index (χ4v) is 2.45. The van der Waals surface area contributed by atoms with E-state index >= 15 is 0 Å². The molecule has 1 aromatic rings. The number of carbonyl (C=O) groups is 2. The summed E-state index contributed by atoms with van der Waals surface area (Å²) in [5.74, 6) is -0.289. The molecule has 1 saturated heterocycles. The second-order valence-corrected chi connectivity index (χ2v) is 5.03. The van der Waals surface area contributed by atoms with Crippen LogP contribution in [0.15, 0.2) is 10.6 Å². The van der Waals surface area contributed by atoms with Crippen molar-refractivity contribution in [3.05, 3.63) is 17.5 Å². The van der Waals surface area contributed by atoms with Crippen LogP contribution in [0.1, 0.15) is 37.1 Å². The van der Waals surface area contributed by atoms with Gasteiger partial charge in [0.15, 0.2) is 5.76 Å². The molecule has 2 N–H and O–H groups in total. The number of carboxylic acid groups (broad SMARTS) is 1. The second-order valence-electron chi connectivity index (χ2n) is 5.03. The molecule has 0 saturated carbocycles. The summed E-state index contributed by atoms with van der Waals surface area (Å²) in [6.45, 7) is 2.66. The fourth-order valence-electron chi connectivity index (χ4n) is 2.45. The monoisotopic (exact) mass is 281 g/mol. The first kappa shape index (κ1) is 14.4. The lowest BCUT2D eigenvalue weighted by Gasteiger charge is -2.34. The standard InChI is InChI=1S/C13H19N3O4/c1-9-6-11(20-15-9)8-14-13(19)16-5-3-2-4-10(16)7-12(17)18/h6,10H,2-5,7-8H2,1H3,(H,14,19)(H,17,18). The minimum Gasteiger partial charge on any atom is -0.481 e. The van der Waals surface area contributed by atoms with Crippen LogP contribution in [0.4, 0.5) is 4.79 Å². The average Bonchev–Trinajstić information content (AvgIpc) is 2.82. The molecule has 0 spiro atoms. The number of aromatic nitrogens is 1. The molecule has 0 bridgehead atoms. The third-order valence-electron chi connectivity index (χ3n) is 3.39. The van der Waals surface area contributed by atoms with E-state index < -0.39 is 5.97 Å². The van der Waals surface area contributed by atoms with Crippen LogP contribution in [0.5, 0.6) is 0 Å². The van der Waals surface area contributed by atoms with Crippen LogP contribution in [-0.4, -0.2) is 39.8 Å². The number of hydrogen-bond donors (Lipinski definition) is 2. The molecular weight excluding hydrogens is 262 g/mol. The Labute approximate surface area is 116 Å². The predicted molar refractivity (Wildman–Crippen MR) is 70.1 cm³/mol. The largest absolute Gasteiger partial charge is 0.481 e. The van der Waals surface area contributed by atoms with Gasteiger partial charge in [0, 0.05) is 18.7 Å². The topological polar surface area (TPSA) is 95.7 Å². The first-order valence-corrected chi connectivity index (χ1v) is 6.74. The van der Waals surface area contributed by atoms with E-state index in [9.17, 15) is 9.59 Å². The first-order chi connectivity index (χ1) is 9.56. The van der Waals surface area contributed by atoms with Gasteiger partial charge in [-0.05, 0) is 26.2 Å². The van der Waals surface area contributed by atoms with E-state index in [1.54, 1.807) is 11.0 Å². The highest BCUT2D eigenvalue weighted by atomic mass is 16.5. The third kappa shape index (κ3) is 3.72. The highest BCUT2D eigenvalue weighted by Gasteiger charge is 2.28. The average molecular weight is 281 g/mol. The van der Waals surface area contributed by atoms with E-state index in [0.29, 0.717) is 12.3 Å². The van der Waals surface area contributed by atoms with Crippen molar-refractivity contribution in [1.29, 1.82) is 0 Å². The molecular formula is C13H19N3O4. The molecule has 0 radical (unpaired) electrons. The summed E-state index contributed by atoms with van der Waals surface area (Å²) in [6.07, 6.45) is 2.60. The van der Waals surface area contributed by atoms with Gasteiger partial charge in [-0.3, -0.25) is 4.79 Å². The quantitative estimate of drug-likeness (QED) is 0.872. The van der Waals surface area contributed by atoms with Crippen molar-refractivity contribution >= 4 is 12.0 Å². The zero-order valence-corrected chi connectivity index (χ0v) is 11.5. The number of likely N-dealkylation sites (tertiary alicyclic amines) is 1. The van der Waals surface area contributed by atoms with Crippen LogP contribution < -0.4 is 5.32 Å². The zero-order chi connectivity index (χ0) is 14.5. The Kier molecular flexibility index (Phi) is 4.60. The Morgan fingerprint density at radius 2 is 2.35 bits per heavy atom. The minimum absolute atomic E-state index is 0.00512. The maximum Gasteiger partial charge on any atom is 0.318 e. The predicted octanol–water partition coefficient (Wildman–Crippen LogP) is 1.52. The van der Waals surface area contributed by atoms with E-state index in [4.69, 9.17) is 9.63 Å². The first-order valence-electron chi connectivity index (χ1n) is 6.74. The summed E-state index contributed by atoms with van der Waals surface area (Å²) in [5.41, 5.74) is 0.760. The lowest BCUT2D eigenvalue weighted by Crippen LogP contribution is -2.49. The molecule has 0 aliphatic carbocycles. The van der Waals surface area contributed by atoms with Gasteiger partial charge in [0.25, 0.3) is 0 Å². The van der Waals surface area contributed by atoms with Crippen molar-refractivity contribution < 1.29 is 19.2 Å². The molecule has 2 rings (SSSR count). The van der Waals surface area contributed by atoms with Crippen molar-refractivity contribution in [3.63, 3.8) is 0 Å². The number of amides is 2. The Bertz CT molecular complexity index is 486. The zero-order valence-electron chi connectivity index (χ0n) is 11.5. The van der Waals surface area contributed by atoms with E-state index in [1.165, 1.54) is 0 Å². The van der Waals surface area contributed by atoms with Crippen molar-refractivity contribution in [2.24, 2.45) is 0 Å². The highest BCUT2D eigenvalue weighted by Crippen LogP contribution is 2.19. The molecule has 110 valence electrons. The van der Waals surface area contributed by atoms with Crippen LogP contribution in [-0.2, 0) is 11.3 Å². The summed E-state index contributed by atoms with van der Waals surface area (Å²) in [6, 6.07) is 1.29. The van der Waals surface area contributed by atoms with E-state index in [0.717, 1.165) is 25.0 Å². The Morgan fingerprint density at radius 1 is 1.55 bits per heavy atom. The number of hydrogen-bond acceptors (Lipinski definition) is 4. The SMILES string of the molecule is Cc1cc(CNC(=O)N2CCCCC2CC(=O)O)on1. The van der Waals surface area contributed by atoms with Crippen LogP contribution in [0, 0.1) is 6.92 Å². The molecule has 0 aromatic carbocycles. The molecule has 1 aromatic heterocycles. The normalized spacial score (nSPS) is 18.9. The van der Waals surface area contributed by atoms with Crippen molar-refractivity contribution in [1.82, 2.24) is 15.4 Å². The van der Waals surface area contributed by atoms with Gasteiger partial charge in [0.2, 0.25) is 0 Å². The number of nitrogens with one attached hydrogen (secondary N) is 1. The minimum atomic E-state index is -0.874. The summed E-state index contributed by atoms with van der Waals surface area (Å²) in [7, 11) is 0. The van der Waals surface area contributed by atoms with Crippen molar-refractivity contribution in [2.75, 3.05) is 6.54 Å². The highest BCUT2D eigenvalue weighted by molar-refractivity contribution is 5.76. The molecule has 7 heteroatoms. The van der Waals surface area contributed by atoms with Crippen LogP contribution in [0.25, 0.3) is 0 Å². The molecule has 1 unspecified atom stereocenters. The molecule has 1 aliphatic rings. The van der Waals surface area contributed by atoms with Crippen LogP contribution in [0.3, 0.4) is 0 Å². The van der Waals surface area contributed by atoms with Gasteiger partial charge in [-0.15, -0.1) is 0 Å². The van der Waals surface area contributed by atoms with Crippen LogP contribution in [0.2, 0.25) is 0 Å². The van der Waals surface area contributed by atoms with E-state index in [-0.39, 0.29) is 25.0 Å². The van der Waals surface area contributed by atoms with Gasteiger partial charge < -0.3 is 19.8 Å². The summed E-state index contributed by atoms with van der Waals surface area (Å²) in [5, 5.41) is 15.4. The molecule has 1 atom stereocenters. The van der Waals surface area contributed by atoms with Gasteiger partial charge >= 0.3 is 12.0 Å². The number of aliphatic carboxylic acids is 1.